The molecule has 3 aromatic rings. The summed E-state index contributed by atoms with van der Waals surface area (Å²) in [6, 6.07) is 13.9. The van der Waals surface area contributed by atoms with Crippen molar-refractivity contribution < 1.29 is 13.6 Å². The second-order valence-electron chi connectivity index (χ2n) is 7.54. The van der Waals surface area contributed by atoms with Crippen LogP contribution in [-0.4, -0.2) is 46.8 Å². The van der Waals surface area contributed by atoms with Gasteiger partial charge in [0.25, 0.3) is 11.5 Å². The number of hydrogen-bond acceptors (Lipinski definition) is 4. The lowest BCUT2D eigenvalue weighted by Gasteiger charge is -2.23. The lowest BCUT2D eigenvalue weighted by atomic mass is 10.2. The molecule has 0 aliphatic carbocycles. The molecule has 0 spiro atoms. The van der Waals surface area contributed by atoms with Gasteiger partial charge in [-0.15, -0.1) is 5.10 Å². The Labute approximate surface area is 178 Å². The molecular formula is C23H22F2N4O2. The Morgan fingerprint density at radius 3 is 2.42 bits per heavy atom. The maximum Gasteiger partial charge on any atom is 0.271 e. The molecule has 160 valence electrons. The highest BCUT2D eigenvalue weighted by molar-refractivity contribution is 5.94. The summed E-state index contributed by atoms with van der Waals surface area (Å²) < 4.78 is 28.1. The largest absolute Gasteiger partial charge is 0.353 e. The normalized spacial score (nSPS) is 14.4. The third kappa shape index (κ3) is 4.47. The highest BCUT2D eigenvalue weighted by atomic mass is 19.2. The number of aromatic nitrogens is 2. The Bertz CT molecular complexity index is 1160. The van der Waals surface area contributed by atoms with Crippen LogP contribution in [0.4, 0.5) is 14.6 Å². The molecule has 1 fully saturated rings. The zero-order valence-electron chi connectivity index (χ0n) is 17.1. The van der Waals surface area contributed by atoms with E-state index in [2.05, 4.69) is 5.10 Å². The highest BCUT2D eigenvalue weighted by Gasteiger charge is 2.22. The summed E-state index contributed by atoms with van der Waals surface area (Å²) >= 11 is 0. The molecule has 1 saturated heterocycles. The summed E-state index contributed by atoms with van der Waals surface area (Å²) in [7, 11) is 0. The Balaban J connectivity index is 1.51. The predicted octanol–water partition coefficient (Wildman–Crippen LogP) is 3.17. The average molecular weight is 424 g/mol. The first kappa shape index (κ1) is 20.7. The highest BCUT2D eigenvalue weighted by Crippen LogP contribution is 2.17. The quantitative estimate of drug-likeness (QED) is 0.648. The van der Waals surface area contributed by atoms with Gasteiger partial charge in [-0.25, -0.2) is 8.78 Å². The maximum absolute atomic E-state index is 13.5. The number of nitrogens with zero attached hydrogens (tertiary/aromatic N) is 4. The molecule has 0 unspecified atom stereocenters. The fraction of sp³-hybridized carbons (Fsp3) is 0.261. The van der Waals surface area contributed by atoms with Crippen LogP contribution in [-0.2, 0) is 0 Å². The fourth-order valence-corrected chi connectivity index (χ4v) is 3.60. The van der Waals surface area contributed by atoms with Gasteiger partial charge in [-0.3, -0.25) is 9.59 Å². The molecule has 0 atom stereocenters. The van der Waals surface area contributed by atoms with E-state index in [0.717, 1.165) is 17.7 Å². The number of benzene rings is 2. The Hall–Kier alpha value is -3.55. The van der Waals surface area contributed by atoms with Gasteiger partial charge in [-0.2, -0.15) is 4.68 Å². The Morgan fingerprint density at radius 2 is 1.68 bits per heavy atom. The van der Waals surface area contributed by atoms with E-state index in [0.29, 0.717) is 44.1 Å². The minimum Gasteiger partial charge on any atom is -0.353 e. The van der Waals surface area contributed by atoms with Crippen LogP contribution in [0.2, 0.25) is 0 Å². The van der Waals surface area contributed by atoms with Crippen LogP contribution < -0.4 is 10.5 Å². The lowest BCUT2D eigenvalue weighted by Crippen LogP contribution is -2.36. The topological polar surface area (TPSA) is 58.4 Å². The van der Waals surface area contributed by atoms with E-state index in [9.17, 15) is 18.4 Å². The predicted molar refractivity (Wildman–Crippen MR) is 114 cm³/mol. The van der Waals surface area contributed by atoms with Gasteiger partial charge in [0.05, 0.1) is 5.69 Å². The van der Waals surface area contributed by atoms with Crippen LogP contribution >= 0.6 is 0 Å². The van der Waals surface area contributed by atoms with Gasteiger partial charge in [0.2, 0.25) is 0 Å². The van der Waals surface area contributed by atoms with E-state index in [4.69, 9.17) is 0 Å². The number of amides is 1. The summed E-state index contributed by atoms with van der Waals surface area (Å²) in [6.45, 7) is 4.03. The molecule has 0 N–H and O–H groups in total. The number of aryl methyl sites for hydroxylation is 1. The summed E-state index contributed by atoms with van der Waals surface area (Å²) in [6.07, 6.45) is 0.681. The molecule has 1 aliphatic heterocycles. The average Bonchev–Trinajstić information content (AvgIpc) is 3.03. The van der Waals surface area contributed by atoms with Crippen molar-refractivity contribution in [2.24, 2.45) is 0 Å². The zero-order valence-corrected chi connectivity index (χ0v) is 17.1. The number of carbonyl (C=O) groups is 1. The molecule has 2 aromatic carbocycles. The van der Waals surface area contributed by atoms with Crippen LogP contribution in [0.3, 0.4) is 0 Å². The van der Waals surface area contributed by atoms with E-state index < -0.39 is 11.6 Å². The van der Waals surface area contributed by atoms with Gasteiger partial charge in [0.15, 0.2) is 11.6 Å². The number of halogens is 2. The summed E-state index contributed by atoms with van der Waals surface area (Å²) in [5, 5.41) is 4.52. The molecule has 6 nitrogen and oxygen atoms in total. The van der Waals surface area contributed by atoms with Gasteiger partial charge >= 0.3 is 0 Å². The first-order valence-electron chi connectivity index (χ1n) is 10.1. The molecule has 8 heteroatoms. The molecule has 0 radical (unpaired) electrons. The summed E-state index contributed by atoms with van der Waals surface area (Å²) in [5.74, 6) is -1.71. The van der Waals surface area contributed by atoms with Crippen LogP contribution in [0.1, 0.15) is 22.3 Å². The lowest BCUT2D eigenvalue weighted by molar-refractivity contribution is 0.0766. The smallest absolute Gasteiger partial charge is 0.271 e. The van der Waals surface area contributed by atoms with E-state index in [-0.39, 0.29) is 17.0 Å². The van der Waals surface area contributed by atoms with E-state index in [1.54, 1.807) is 11.0 Å². The molecule has 1 aromatic heterocycles. The number of rotatable bonds is 3. The monoisotopic (exact) mass is 424 g/mol. The first-order valence-corrected chi connectivity index (χ1v) is 10.1. The van der Waals surface area contributed by atoms with Crippen molar-refractivity contribution in [1.82, 2.24) is 14.7 Å². The van der Waals surface area contributed by atoms with Crippen LogP contribution in [0.15, 0.2) is 59.4 Å². The van der Waals surface area contributed by atoms with E-state index in [1.165, 1.54) is 16.8 Å². The van der Waals surface area contributed by atoms with Gasteiger partial charge in [-0.1, -0.05) is 17.7 Å². The first-order chi connectivity index (χ1) is 14.9. The van der Waals surface area contributed by atoms with Crippen molar-refractivity contribution in [3.63, 3.8) is 0 Å². The third-order valence-corrected chi connectivity index (χ3v) is 5.34. The fourth-order valence-electron chi connectivity index (χ4n) is 3.60. The zero-order chi connectivity index (χ0) is 22.0. The molecule has 1 aliphatic rings. The maximum atomic E-state index is 13.5. The third-order valence-electron chi connectivity index (χ3n) is 5.34. The molecule has 1 amide bonds. The van der Waals surface area contributed by atoms with Gasteiger partial charge in [-0.05, 0) is 49.7 Å². The molecule has 2 heterocycles. The molecule has 4 rings (SSSR count). The van der Waals surface area contributed by atoms with Gasteiger partial charge in [0, 0.05) is 37.8 Å². The van der Waals surface area contributed by atoms with Crippen molar-refractivity contribution in [2.75, 3.05) is 31.1 Å². The number of carbonyl (C=O) groups excluding carboxylic acids is 1. The summed E-state index contributed by atoms with van der Waals surface area (Å²) in [5.41, 5.74) is 1.67. The van der Waals surface area contributed by atoms with Gasteiger partial charge < -0.3 is 9.80 Å². The SMILES string of the molecule is Cc1ccc(-n2nc(N3CCCN(C(=O)c4ccc(F)c(F)c4)CC3)ccc2=O)cc1. The summed E-state index contributed by atoms with van der Waals surface area (Å²) in [4.78, 5) is 28.7. The standard InChI is InChI=1S/C23H22F2N4O2/c1-16-3-6-18(7-4-16)29-22(30)10-9-21(26-29)27-11-2-12-28(14-13-27)23(31)17-5-8-19(24)20(25)15-17/h3-10,15H,2,11-14H2,1H3. The van der Waals surface area contributed by atoms with E-state index in [1.807, 2.05) is 36.1 Å². The van der Waals surface area contributed by atoms with Crippen molar-refractivity contribution in [1.29, 1.82) is 0 Å². The second-order valence-corrected chi connectivity index (χ2v) is 7.54. The minimum absolute atomic E-state index is 0.124. The second kappa shape index (κ2) is 8.67. The van der Waals surface area contributed by atoms with Crippen LogP contribution in [0, 0.1) is 18.6 Å². The number of hydrogen-bond donors (Lipinski definition) is 0. The Kier molecular flexibility index (Phi) is 5.79. The van der Waals surface area contributed by atoms with Crippen LogP contribution in [0.25, 0.3) is 5.69 Å². The van der Waals surface area contributed by atoms with Crippen LogP contribution in [0.5, 0.6) is 0 Å². The molecule has 0 bridgehead atoms. The Morgan fingerprint density at radius 1 is 0.903 bits per heavy atom. The molecule has 31 heavy (non-hydrogen) atoms. The van der Waals surface area contributed by atoms with Gasteiger partial charge in [0.1, 0.15) is 5.82 Å². The van der Waals surface area contributed by atoms with E-state index >= 15 is 0 Å². The molecular weight excluding hydrogens is 402 g/mol. The molecule has 0 saturated carbocycles. The van der Waals surface area contributed by atoms with Crippen molar-refractivity contribution in [3.05, 3.63) is 87.7 Å². The minimum atomic E-state index is -1.04. The van der Waals surface area contributed by atoms with Crippen molar-refractivity contribution in [2.45, 2.75) is 13.3 Å². The van der Waals surface area contributed by atoms with Crippen molar-refractivity contribution in [3.8, 4) is 5.69 Å². The number of anilines is 1. The van der Waals surface area contributed by atoms with Crippen molar-refractivity contribution >= 4 is 11.7 Å².